The molecule has 0 aliphatic carbocycles. The average Bonchev–Trinajstić information content (AvgIpc) is 2.89. The first-order valence-corrected chi connectivity index (χ1v) is 12.3. The number of hydrogen-bond acceptors (Lipinski definition) is 5. The second-order valence-corrected chi connectivity index (χ2v) is 8.77. The molecule has 0 saturated carbocycles. The number of nitrogens with zero attached hydrogens (tertiary/aromatic N) is 1. The van der Waals surface area contributed by atoms with Crippen molar-refractivity contribution in [3.63, 3.8) is 0 Å². The van der Waals surface area contributed by atoms with E-state index in [4.69, 9.17) is 14.2 Å². The van der Waals surface area contributed by atoms with Crippen LogP contribution in [0.1, 0.15) is 26.2 Å². The van der Waals surface area contributed by atoms with Crippen LogP contribution in [0.3, 0.4) is 0 Å². The van der Waals surface area contributed by atoms with Crippen LogP contribution in [0.15, 0.2) is 72.8 Å². The molecule has 0 unspecified atom stereocenters. The Morgan fingerprint density at radius 3 is 2.43 bits per heavy atom. The average molecular weight is 470 g/mol. The van der Waals surface area contributed by atoms with Crippen LogP contribution in [-0.2, 0) is 0 Å². The Bertz CT molecular complexity index is 1330. The smallest absolute Gasteiger partial charge is 0.154 e. The Hall–Kier alpha value is -3.86. The highest BCUT2D eigenvalue weighted by atomic mass is 16.5. The van der Waals surface area contributed by atoms with Gasteiger partial charge in [-0.2, -0.15) is 0 Å². The molecule has 4 aromatic rings. The van der Waals surface area contributed by atoms with Crippen LogP contribution in [-0.4, -0.2) is 31.9 Å². The van der Waals surface area contributed by atoms with Crippen LogP contribution < -0.4 is 19.1 Å². The number of piperidine rings is 1. The molecular weight excluding hydrogens is 438 g/mol. The maximum absolute atomic E-state index is 10.2. The molecule has 35 heavy (non-hydrogen) atoms. The summed E-state index contributed by atoms with van der Waals surface area (Å²) in [5.74, 6) is 3.36. The topological polar surface area (TPSA) is 51.2 Å². The zero-order valence-electron chi connectivity index (χ0n) is 20.3. The van der Waals surface area contributed by atoms with Gasteiger partial charge in [-0.15, -0.1) is 0 Å². The quantitative estimate of drug-likeness (QED) is 0.306. The third kappa shape index (κ3) is 4.72. The maximum Gasteiger partial charge on any atom is 0.154 e. The number of hydrogen-bond donors (Lipinski definition) is 1. The molecule has 0 atom stereocenters. The van der Waals surface area contributed by atoms with Crippen molar-refractivity contribution >= 4 is 16.5 Å². The molecule has 4 aromatic carbocycles. The van der Waals surface area contributed by atoms with Crippen molar-refractivity contribution < 1.29 is 19.3 Å². The molecule has 0 amide bonds. The molecule has 1 aliphatic heterocycles. The summed E-state index contributed by atoms with van der Waals surface area (Å²) in [6, 6.07) is 23.4. The summed E-state index contributed by atoms with van der Waals surface area (Å²) < 4.78 is 18.3. The lowest BCUT2D eigenvalue weighted by atomic mass is 9.99. The van der Waals surface area contributed by atoms with Gasteiger partial charge in [0.25, 0.3) is 0 Å². The summed E-state index contributed by atoms with van der Waals surface area (Å²) in [4.78, 5) is 2.38. The van der Waals surface area contributed by atoms with Crippen LogP contribution in [0.2, 0.25) is 0 Å². The Balaban J connectivity index is 1.69. The van der Waals surface area contributed by atoms with Crippen LogP contribution >= 0.6 is 0 Å². The highest BCUT2D eigenvalue weighted by Gasteiger charge is 2.22. The number of phenolic OH excluding ortho intramolecular Hbond substituents is 1. The van der Waals surface area contributed by atoms with Crippen molar-refractivity contribution in [1.82, 2.24) is 0 Å². The predicted molar refractivity (Wildman–Crippen MR) is 141 cm³/mol. The summed E-state index contributed by atoms with van der Waals surface area (Å²) in [5, 5.41) is 12.2. The molecule has 0 radical (unpaired) electrons. The molecule has 5 heteroatoms. The number of rotatable bonds is 7. The first kappa shape index (κ1) is 22.9. The Kier molecular flexibility index (Phi) is 6.66. The molecular formula is C30H31NO4. The number of benzene rings is 4. The molecule has 1 heterocycles. The summed E-state index contributed by atoms with van der Waals surface area (Å²) in [5.41, 5.74) is 2.80. The fourth-order valence-electron chi connectivity index (χ4n) is 4.81. The van der Waals surface area contributed by atoms with Crippen molar-refractivity contribution in [3.8, 4) is 39.9 Å². The maximum atomic E-state index is 10.2. The van der Waals surface area contributed by atoms with E-state index >= 15 is 0 Å². The number of anilines is 1. The highest BCUT2D eigenvalue weighted by Crippen LogP contribution is 2.46. The summed E-state index contributed by atoms with van der Waals surface area (Å²) in [6.45, 7) is 4.55. The Labute approximate surface area is 206 Å². The van der Waals surface area contributed by atoms with E-state index < -0.39 is 0 Å². The summed E-state index contributed by atoms with van der Waals surface area (Å²) in [6.07, 6.45) is 3.56. The van der Waals surface area contributed by atoms with Crippen LogP contribution in [0, 0.1) is 0 Å². The first-order valence-electron chi connectivity index (χ1n) is 12.3. The van der Waals surface area contributed by atoms with E-state index in [-0.39, 0.29) is 5.75 Å². The van der Waals surface area contributed by atoms with Gasteiger partial charge in [-0.3, -0.25) is 0 Å². The molecule has 0 aromatic heterocycles. The number of aromatic hydroxyl groups is 1. The number of fused-ring (bicyclic) bond motifs is 1. The molecule has 5 rings (SSSR count). The molecule has 0 bridgehead atoms. The summed E-state index contributed by atoms with van der Waals surface area (Å²) >= 11 is 0. The number of phenols is 1. The minimum atomic E-state index is 0.218. The first-order chi connectivity index (χ1) is 17.2. The third-order valence-corrected chi connectivity index (χ3v) is 6.48. The molecule has 1 fully saturated rings. The SMILES string of the molecule is CCOc1cccc(Oc2c(-c3cccc(O)c3)ccc3cc(OC)ccc23)c1N1CCCCC1. The molecule has 1 saturated heterocycles. The molecule has 5 nitrogen and oxygen atoms in total. The van der Waals surface area contributed by atoms with Crippen molar-refractivity contribution in [2.45, 2.75) is 26.2 Å². The predicted octanol–water partition coefficient (Wildman–Crippen LogP) is 7.40. The minimum Gasteiger partial charge on any atom is -0.508 e. The lowest BCUT2D eigenvalue weighted by molar-refractivity contribution is 0.337. The van der Waals surface area contributed by atoms with E-state index in [2.05, 4.69) is 11.0 Å². The van der Waals surface area contributed by atoms with Gasteiger partial charge in [-0.25, -0.2) is 0 Å². The monoisotopic (exact) mass is 469 g/mol. The zero-order chi connectivity index (χ0) is 24.2. The lowest BCUT2D eigenvalue weighted by Gasteiger charge is -2.32. The Morgan fingerprint density at radius 1 is 0.857 bits per heavy atom. The fraction of sp³-hybridized carbons (Fsp3) is 0.267. The van der Waals surface area contributed by atoms with Gasteiger partial charge in [-0.05, 0) is 85.7 Å². The van der Waals surface area contributed by atoms with Crippen LogP contribution in [0.4, 0.5) is 5.69 Å². The minimum absolute atomic E-state index is 0.218. The molecule has 1 N–H and O–H groups in total. The molecule has 0 spiro atoms. The highest BCUT2D eigenvalue weighted by molar-refractivity contribution is 5.96. The van der Waals surface area contributed by atoms with E-state index in [0.29, 0.717) is 6.61 Å². The van der Waals surface area contributed by atoms with Gasteiger partial charge in [0.1, 0.15) is 28.7 Å². The van der Waals surface area contributed by atoms with Crippen LogP contribution in [0.5, 0.6) is 28.7 Å². The molecule has 1 aliphatic rings. The number of ether oxygens (including phenoxy) is 3. The fourth-order valence-corrected chi connectivity index (χ4v) is 4.81. The van der Waals surface area contributed by atoms with E-state index in [1.165, 1.54) is 6.42 Å². The Morgan fingerprint density at radius 2 is 1.66 bits per heavy atom. The van der Waals surface area contributed by atoms with E-state index in [1.807, 2.05) is 61.5 Å². The standard InChI is InChI=1S/C30H31NO4/c1-3-34-27-11-8-12-28(29(27)31-17-5-4-6-18-31)35-30-25(21-9-7-10-23(32)19-21)15-13-22-20-24(33-2)14-16-26(22)30/h7-16,19-20,32H,3-6,17-18H2,1-2H3. The van der Waals surface area contributed by atoms with E-state index in [1.54, 1.807) is 19.2 Å². The lowest BCUT2D eigenvalue weighted by Crippen LogP contribution is -2.30. The van der Waals surface area contributed by atoms with Gasteiger partial charge in [0.05, 0.1) is 13.7 Å². The van der Waals surface area contributed by atoms with Crippen molar-refractivity contribution in [3.05, 3.63) is 72.8 Å². The van der Waals surface area contributed by atoms with Gasteiger partial charge in [-0.1, -0.05) is 24.3 Å². The van der Waals surface area contributed by atoms with Crippen molar-refractivity contribution in [2.75, 3.05) is 31.7 Å². The van der Waals surface area contributed by atoms with Crippen molar-refractivity contribution in [2.24, 2.45) is 0 Å². The van der Waals surface area contributed by atoms with E-state index in [0.717, 1.165) is 76.5 Å². The normalized spacial score (nSPS) is 13.6. The number of para-hydroxylation sites is 1. The van der Waals surface area contributed by atoms with Gasteiger partial charge in [0.15, 0.2) is 5.75 Å². The second-order valence-electron chi connectivity index (χ2n) is 8.77. The van der Waals surface area contributed by atoms with Gasteiger partial charge in [0.2, 0.25) is 0 Å². The third-order valence-electron chi connectivity index (χ3n) is 6.48. The van der Waals surface area contributed by atoms with Crippen molar-refractivity contribution in [1.29, 1.82) is 0 Å². The second kappa shape index (κ2) is 10.2. The zero-order valence-corrected chi connectivity index (χ0v) is 20.3. The molecule has 180 valence electrons. The summed E-state index contributed by atoms with van der Waals surface area (Å²) in [7, 11) is 1.67. The van der Waals surface area contributed by atoms with Gasteiger partial charge in [0, 0.05) is 24.0 Å². The van der Waals surface area contributed by atoms with E-state index in [9.17, 15) is 5.11 Å². The van der Waals surface area contributed by atoms with Gasteiger partial charge < -0.3 is 24.2 Å². The largest absolute Gasteiger partial charge is 0.508 e. The van der Waals surface area contributed by atoms with Gasteiger partial charge >= 0.3 is 0 Å². The number of methoxy groups -OCH3 is 1. The van der Waals surface area contributed by atoms with Crippen LogP contribution in [0.25, 0.3) is 21.9 Å².